The van der Waals surface area contributed by atoms with Gasteiger partial charge in [-0.25, -0.2) is 0 Å². The van der Waals surface area contributed by atoms with Gasteiger partial charge in [-0.3, -0.25) is 4.79 Å². The minimum absolute atomic E-state index is 0.00447. The minimum atomic E-state index is -0.00447. The van der Waals surface area contributed by atoms with Gasteiger partial charge < -0.3 is 5.32 Å². The summed E-state index contributed by atoms with van der Waals surface area (Å²) in [5.41, 5.74) is 3.02. The van der Waals surface area contributed by atoms with E-state index in [1.165, 1.54) is 10.4 Å². The normalized spacial score (nSPS) is 17.6. The third-order valence-corrected chi connectivity index (χ3v) is 5.03. The van der Waals surface area contributed by atoms with Gasteiger partial charge in [0.25, 0.3) is 5.91 Å². The molecule has 1 aromatic heterocycles. The van der Waals surface area contributed by atoms with Crippen LogP contribution in [0.2, 0.25) is 0 Å². The zero-order valence-electron chi connectivity index (χ0n) is 11.1. The van der Waals surface area contributed by atoms with Crippen LogP contribution in [-0.4, -0.2) is 5.91 Å². The Morgan fingerprint density at radius 1 is 1.30 bits per heavy atom. The lowest BCUT2D eigenvalue weighted by Crippen LogP contribution is -2.30. The molecule has 2 aromatic rings. The molecule has 0 bridgehead atoms. The van der Waals surface area contributed by atoms with E-state index in [1.54, 1.807) is 11.3 Å². The largest absolute Gasteiger partial charge is 0.345 e. The third kappa shape index (κ3) is 2.74. The van der Waals surface area contributed by atoms with Crippen molar-refractivity contribution >= 4 is 28.8 Å². The topological polar surface area (TPSA) is 29.1 Å². The standard InChI is InChI=1S/C16H16ClNOS/c17-10-11-4-6-12(7-5-11)16(19)18-14-2-1-3-15-13(14)8-9-20-15/h4-9,14H,1-3,10H2,(H,18,19). The van der Waals surface area contributed by atoms with Crippen molar-refractivity contribution in [3.63, 3.8) is 0 Å². The Morgan fingerprint density at radius 2 is 2.10 bits per heavy atom. The van der Waals surface area contributed by atoms with Crippen molar-refractivity contribution in [2.45, 2.75) is 31.2 Å². The number of halogens is 1. The minimum Gasteiger partial charge on any atom is -0.345 e. The van der Waals surface area contributed by atoms with Gasteiger partial charge in [-0.2, -0.15) is 0 Å². The number of amides is 1. The molecule has 0 fully saturated rings. The molecule has 1 unspecified atom stereocenters. The molecule has 0 spiro atoms. The molecule has 0 saturated carbocycles. The van der Waals surface area contributed by atoms with Crippen LogP contribution >= 0.6 is 22.9 Å². The van der Waals surface area contributed by atoms with E-state index in [-0.39, 0.29) is 11.9 Å². The van der Waals surface area contributed by atoms with E-state index in [2.05, 4.69) is 16.8 Å². The maximum atomic E-state index is 12.3. The van der Waals surface area contributed by atoms with Crippen molar-refractivity contribution in [2.24, 2.45) is 0 Å². The highest BCUT2D eigenvalue weighted by Crippen LogP contribution is 2.33. The van der Waals surface area contributed by atoms with Crippen molar-refractivity contribution in [2.75, 3.05) is 0 Å². The van der Waals surface area contributed by atoms with Crippen LogP contribution in [0.15, 0.2) is 35.7 Å². The van der Waals surface area contributed by atoms with Gasteiger partial charge in [0.05, 0.1) is 6.04 Å². The van der Waals surface area contributed by atoms with E-state index in [0.29, 0.717) is 11.4 Å². The van der Waals surface area contributed by atoms with Gasteiger partial charge in [0.15, 0.2) is 0 Å². The molecule has 1 amide bonds. The van der Waals surface area contributed by atoms with E-state index >= 15 is 0 Å². The van der Waals surface area contributed by atoms with Gasteiger partial charge >= 0.3 is 0 Å². The number of aryl methyl sites for hydroxylation is 1. The summed E-state index contributed by atoms with van der Waals surface area (Å²) >= 11 is 7.55. The number of alkyl halides is 1. The molecule has 1 heterocycles. The van der Waals surface area contributed by atoms with Crippen LogP contribution in [0.1, 0.15) is 45.2 Å². The molecule has 1 aromatic carbocycles. The van der Waals surface area contributed by atoms with Crippen LogP contribution in [0.25, 0.3) is 0 Å². The summed E-state index contributed by atoms with van der Waals surface area (Å²) in [6, 6.07) is 9.78. The molecule has 1 aliphatic rings. The number of hydrogen-bond donors (Lipinski definition) is 1. The van der Waals surface area contributed by atoms with Crippen LogP contribution in [0.3, 0.4) is 0 Å². The average Bonchev–Trinajstić information content (AvgIpc) is 2.97. The van der Waals surface area contributed by atoms with Crippen molar-refractivity contribution in [1.29, 1.82) is 0 Å². The Morgan fingerprint density at radius 3 is 2.85 bits per heavy atom. The van der Waals surface area contributed by atoms with Crippen molar-refractivity contribution in [3.8, 4) is 0 Å². The smallest absolute Gasteiger partial charge is 0.251 e. The van der Waals surface area contributed by atoms with Gasteiger partial charge in [0.2, 0.25) is 0 Å². The molecule has 1 N–H and O–H groups in total. The number of fused-ring (bicyclic) bond motifs is 1. The Balaban J connectivity index is 1.73. The number of hydrogen-bond acceptors (Lipinski definition) is 2. The lowest BCUT2D eigenvalue weighted by Gasteiger charge is -2.23. The molecule has 2 nitrogen and oxygen atoms in total. The fourth-order valence-corrected chi connectivity index (χ4v) is 3.79. The highest BCUT2D eigenvalue weighted by Gasteiger charge is 2.22. The first-order valence-corrected chi connectivity index (χ1v) is 8.21. The molecule has 3 rings (SSSR count). The Bertz CT molecular complexity index is 605. The van der Waals surface area contributed by atoms with Crippen LogP contribution < -0.4 is 5.32 Å². The highest BCUT2D eigenvalue weighted by molar-refractivity contribution is 7.10. The van der Waals surface area contributed by atoms with E-state index in [1.807, 2.05) is 24.3 Å². The van der Waals surface area contributed by atoms with Crippen LogP contribution in [0.4, 0.5) is 0 Å². The molecule has 0 saturated heterocycles. The van der Waals surface area contributed by atoms with E-state index in [0.717, 1.165) is 24.8 Å². The SMILES string of the molecule is O=C(NC1CCCc2sccc21)c1ccc(CCl)cc1. The lowest BCUT2D eigenvalue weighted by atomic mass is 9.94. The summed E-state index contributed by atoms with van der Waals surface area (Å²) < 4.78 is 0. The summed E-state index contributed by atoms with van der Waals surface area (Å²) in [4.78, 5) is 13.7. The maximum absolute atomic E-state index is 12.3. The quantitative estimate of drug-likeness (QED) is 0.842. The van der Waals surface area contributed by atoms with Crippen molar-refractivity contribution < 1.29 is 4.79 Å². The van der Waals surface area contributed by atoms with Crippen LogP contribution in [-0.2, 0) is 12.3 Å². The molecule has 1 atom stereocenters. The number of benzene rings is 1. The van der Waals surface area contributed by atoms with Gasteiger partial charge in [-0.05, 0) is 54.0 Å². The highest BCUT2D eigenvalue weighted by atomic mass is 35.5. The van der Waals surface area contributed by atoms with Gasteiger partial charge in [0.1, 0.15) is 0 Å². The van der Waals surface area contributed by atoms with Crippen LogP contribution in [0.5, 0.6) is 0 Å². The molecule has 1 aliphatic carbocycles. The van der Waals surface area contributed by atoms with Crippen LogP contribution in [0, 0.1) is 0 Å². The predicted molar refractivity (Wildman–Crippen MR) is 83.5 cm³/mol. The average molecular weight is 306 g/mol. The van der Waals surface area contributed by atoms with E-state index in [4.69, 9.17) is 11.6 Å². The van der Waals surface area contributed by atoms with Crippen molar-refractivity contribution in [1.82, 2.24) is 5.32 Å². The zero-order valence-corrected chi connectivity index (χ0v) is 12.6. The summed E-state index contributed by atoms with van der Waals surface area (Å²) in [6.45, 7) is 0. The fourth-order valence-electron chi connectivity index (χ4n) is 2.62. The zero-order chi connectivity index (χ0) is 13.9. The number of carbonyl (C=O) groups is 1. The van der Waals surface area contributed by atoms with Crippen molar-refractivity contribution in [3.05, 3.63) is 57.3 Å². The van der Waals surface area contributed by atoms with E-state index in [9.17, 15) is 4.79 Å². The second-order valence-corrected chi connectivity index (χ2v) is 6.32. The Labute approximate surface area is 127 Å². The summed E-state index contributed by atoms with van der Waals surface area (Å²) in [7, 11) is 0. The first-order valence-electron chi connectivity index (χ1n) is 6.80. The third-order valence-electron chi connectivity index (χ3n) is 3.73. The number of carbonyl (C=O) groups excluding carboxylic acids is 1. The molecule has 0 aliphatic heterocycles. The van der Waals surface area contributed by atoms with Gasteiger partial charge in [0, 0.05) is 16.3 Å². The number of nitrogens with one attached hydrogen (secondary N) is 1. The number of rotatable bonds is 3. The summed E-state index contributed by atoms with van der Waals surface area (Å²) in [5.74, 6) is 0.471. The molecular formula is C16H16ClNOS. The molecule has 20 heavy (non-hydrogen) atoms. The lowest BCUT2D eigenvalue weighted by molar-refractivity contribution is 0.0933. The van der Waals surface area contributed by atoms with Gasteiger partial charge in [-0.1, -0.05) is 12.1 Å². The molecule has 4 heteroatoms. The molecule has 104 valence electrons. The first kappa shape index (κ1) is 13.7. The Hall–Kier alpha value is -1.32. The predicted octanol–water partition coefficient (Wildman–Crippen LogP) is 4.29. The second kappa shape index (κ2) is 5.98. The van der Waals surface area contributed by atoms with Gasteiger partial charge in [-0.15, -0.1) is 22.9 Å². The Kier molecular flexibility index (Phi) is 4.08. The monoisotopic (exact) mass is 305 g/mol. The second-order valence-electron chi connectivity index (χ2n) is 5.05. The molecular weight excluding hydrogens is 290 g/mol. The van der Waals surface area contributed by atoms with E-state index < -0.39 is 0 Å². The maximum Gasteiger partial charge on any atom is 0.251 e. The number of thiophene rings is 1. The molecule has 0 radical (unpaired) electrons. The fraction of sp³-hybridized carbons (Fsp3) is 0.312. The summed E-state index contributed by atoms with van der Waals surface area (Å²) in [5, 5.41) is 5.27. The summed E-state index contributed by atoms with van der Waals surface area (Å²) in [6.07, 6.45) is 3.31. The first-order chi connectivity index (χ1) is 9.78.